The summed E-state index contributed by atoms with van der Waals surface area (Å²) in [6.45, 7) is -0.0133. The first-order valence-electron chi connectivity index (χ1n) is 10.5. The smallest absolute Gasteiger partial charge is 0.263 e. The van der Waals surface area contributed by atoms with Crippen LogP contribution in [0.15, 0.2) is 65.8 Å². The van der Waals surface area contributed by atoms with Crippen LogP contribution in [0.4, 0.5) is 0 Å². The average Bonchev–Trinajstić information content (AvgIpc) is 3.32. The van der Waals surface area contributed by atoms with Gasteiger partial charge in [0.25, 0.3) is 5.91 Å². The van der Waals surface area contributed by atoms with Gasteiger partial charge in [0.15, 0.2) is 11.5 Å². The topological polar surface area (TPSA) is 104 Å². The maximum Gasteiger partial charge on any atom is 0.263 e. The molecule has 0 unspecified atom stereocenters. The molecule has 3 aromatic carbocycles. The van der Waals surface area contributed by atoms with Crippen molar-refractivity contribution >= 4 is 46.9 Å². The van der Waals surface area contributed by atoms with Gasteiger partial charge in [0, 0.05) is 26.7 Å². The van der Waals surface area contributed by atoms with Crippen molar-refractivity contribution in [3.05, 3.63) is 86.9 Å². The lowest BCUT2D eigenvalue weighted by molar-refractivity contribution is -0.122. The molecule has 36 heavy (non-hydrogen) atoms. The van der Waals surface area contributed by atoms with Crippen molar-refractivity contribution in [2.75, 3.05) is 7.11 Å². The third-order valence-corrected chi connectivity index (χ3v) is 5.78. The van der Waals surface area contributed by atoms with E-state index in [-0.39, 0.29) is 13.2 Å². The standard InChI is InChI=1S/C24H19Cl3N6O3/c1-35-21-8-4-5-15(23(21)36-14-16-9-10-17(25)11-20(16)27)12-28-29-22(34)13-33-31-24(30-32-33)18-6-2-3-7-19(18)26/h2-12H,13-14H2,1H3,(H,29,34)/b28-12-. The molecule has 0 aliphatic carbocycles. The molecule has 0 bridgehead atoms. The van der Waals surface area contributed by atoms with E-state index in [0.717, 1.165) is 10.4 Å². The van der Waals surface area contributed by atoms with Gasteiger partial charge in [-0.1, -0.05) is 59.1 Å². The van der Waals surface area contributed by atoms with E-state index in [0.29, 0.717) is 43.5 Å². The Bertz CT molecular complexity index is 1410. The van der Waals surface area contributed by atoms with Gasteiger partial charge in [0.05, 0.1) is 18.3 Å². The lowest BCUT2D eigenvalue weighted by Crippen LogP contribution is -2.24. The van der Waals surface area contributed by atoms with Crippen LogP contribution in [0.2, 0.25) is 15.1 Å². The van der Waals surface area contributed by atoms with Crippen LogP contribution in [-0.4, -0.2) is 39.4 Å². The Balaban J connectivity index is 1.41. The van der Waals surface area contributed by atoms with Gasteiger partial charge < -0.3 is 9.47 Å². The van der Waals surface area contributed by atoms with Gasteiger partial charge in [-0.2, -0.15) is 9.90 Å². The molecule has 0 aliphatic rings. The number of rotatable bonds is 9. The summed E-state index contributed by atoms with van der Waals surface area (Å²) in [6, 6.07) is 17.5. The molecule has 12 heteroatoms. The minimum Gasteiger partial charge on any atom is -0.493 e. The van der Waals surface area contributed by atoms with Crippen molar-refractivity contribution in [2.24, 2.45) is 5.10 Å². The lowest BCUT2D eigenvalue weighted by Gasteiger charge is -2.14. The molecule has 1 amide bonds. The van der Waals surface area contributed by atoms with Crippen molar-refractivity contribution < 1.29 is 14.3 Å². The molecule has 4 aromatic rings. The van der Waals surface area contributed by atoms with E-state index in [1.54, 1.807) is 54.6 Å². The van der Waals surface area contributed by atoms with Crippen molar-refractivity contribution in [3.63, 3.8) is 0 Å². The first kappa shape index (κ1) is 25.4. The number of carbonyl (C=O) groups excluding carboxylic acids is 1. The van der Waals surface area contributed by atoms with Gasteiger partial charge in [-0.05, 0) is 41.6 Å². The Kier molecular flexibility index (Phi) is 8.37. The van der Waals surface area contributed by atoms with Crippen molar-refractivity contribution in [2.45, 2.75) is 13.2 Å². The number of hydrazone groups is 1. The van der Waals surface area contributed by atoms with Gasteiger partial charge in [-0.3, -0.25) is 4.79 Å². The molecule has 0 fully saturated rings. The van der Waals surface area contributed by atoms with Crippen molar-refractivity contribution in [1.82, 2.24) is 25.6 Å². The maximum atomic E-state index is 12.3. The number of tetrazole rings is 1. The fourth-order valence-corrected chi connectivity index (χ4v) is 3.82. The molecule has 1 N–H and O–H groups in total. The number of hydrogen-bond acceptors (Lipinski definition) is 7. The van der Waals surface area contributed by atoms with Crippen LogP contribution in [0.3, 0.4) is 0 Å². The molecular weight excluding hydrogens is 527 g/mol. The fourth-order valence-electron chi connectivity index (χ4n) is 3.14. The third kappa shape index (κ3) is 6.31. The van der Waals surface area contributed by atoms with Gasteiger partial charge >= 0.3 is 0 Å². The normalized spacial score (nSPS) is 11.0. The van der Waals surface area contributed by atoms with E-state index < -0.39 is 5.91 Å². The summed E-state index contributed by atoms with van der Waals surface area (Å²) in [7, 11) is 1.53. The molecular formula is C24H19Cl3N6O3. The van der Waals surface area contributed by atoms with Crippen LogP contribution < -0.4 is 14.9 Å². The summed E-state index contributed by atoms with van der Waals surface area (Å²) in [5, 5.41) is 17.6. The molecule has 0 aliphatic heterocycles. The number of para-hydroxylation sites is 1. The Morgan fingerprint density at radius 3 is 2.69 bits per heavy atom. The molecule has 4 rings (SSSR count). The first-order chi connectivity index (χ1) is 17.4. The van der Waals surface area contributed by atoms with Crippen LogP contribution >= 0.6 is 34.8 Å². The van der Waals surface area contributed by atoms with E-state index in [4.69, 9.17) is 44.3 Å². The number of halogens is 3. The molecule has 1 aromatic heterocycles. The monoisotopic (exact) mass is 544 g/mol. The number of hydrogen-bond donors (Lipinski definition) is 1. The predicted molar refractivity (Wildman–Crippen MR) is 138 cm³/mol. The number of benzene rings is 3. The maximum absolute atomic E-state index is 12.3. The number of nitrogens with zero attached hydrogens (tertiary/aromatic N) is 5. The van der Waals surface area contributed by atoms with Crippen LogP contribution in [0.25, 0.3) is 11.4 Å². The van der Waals surface area contributed by atoms with Gasteiger partial charge in [-0.15, -0.1) is 10.2 Å². The molecule has 9 nitrogen and oxygen atoms in total. The highest BCUT2D eigenvalue weighted by molar-refractivity contribution is 6.35. The van der Waals surface area contributed by atoms with E-state index >= 15 is 0 Å². The highest BCUT2D eigenvalue weighted by Gasteiger charge is 2.13. The van der Waals surface area contributed by atoms with Crippen molar-refractivity contribution in [1.29, 1.82) is 0 Å². The SMILES string of the molecule is COc1cccc(/C=N\NC(=O)Cn2nnc(-c3ccccc3Cl)n2)c1OCc1ccc(Cl)cc1Cl. The molecule has 0 saturated heterocycles. The van der Waals surface area contributed by atoms with E-state index in [1.165, 1.54) is 13.3 Å². The molecule has 184 valence electrons. The summed E-state index contributed by atoms with van der Waals surface area (Å²) < 4.78 is 11.4. The van der Waals surface area contributed by atoms with E-state index in [1.807, 2.05) is 6.07 Å². The number of carbonyl (C=O) groups is 1. The van der Waals surface area contributed by atoms with E-state index in [9.17, 15) is 4.79 Å². The Morgan fingerprint density at radius 2 is 1.92 bits per heavy atom. The average molecular weight is 546 g/mol. The summed E-state index contributed by atoms with van der Waals surface area (Å²) in [4.78, 5) is 13.5. The second-order valence-electron chi connectivity index (χ2n) is 7.32. The Morgan fingerprint density at radius 1 is 1.08 bits per heavy atom. The lowest BCUT2D eigenvalue weighted by atomic mass is 10.2. The van der Waals surface area contributed by atoms with Crippen LogP contribution in [0.1, 0.15) is 11.1 Å². The summed E-state index contributed by atoms with van der Waals surface area (Å²) in [5.74, 6) is 0.796. The summed E-state index contributed by atoms with van der Waals surface area (Å²) >= 11 is 18.4. The summed E-state index contributed by atoms with van der Waals surface area (Å²) in [6.07, 6.45) is 1.45. The molecule has 1 heterocycles. The zero-order chi connectivity index (χ0) is 25.5. The molecule has 0 spiro atoms. The van der Waals surface area contributed by atoms with Crippen molar-refractivity contribution in [3.8, 4) is 22.9 Å². The largest absolute Gasteiger partial charge is 0.493 e. The quantitative estimate of drug-likeness (QED) is 0.233. The zero-order valence-electron chi connectivity index (χ0n) is 18.9. The zero-order valence-corrected chi connectivity index (χ0v) is 21.1. The highest BCUT2D eigenvalue weighted by Crippen LogP contribution is 2.32. The van der Waals surface area contributed by atoms with Gasteiger partial charge in [0.1, 0.15) is 13.2 Å². The molecule has 0 atom stereocenters. The van der Waals surface area contributed by atoms with Gasteiger partial charge in [-0.25, -0.2) is 5.43 Å². The Labute approximate surface area is 221 Å². The second kappa shape index (κ2) is 11.9. The first-order valence-corrected chi connectivity index (χ1v) is 11.7. The van der Waals surface area contributed by atoms with Crippen LogP contribution in [0, 0.1) is 0 Å². The van der Waals surface area contributed by atoms with Gasteiger partial charge in [0.2, 0.25) is 5.82 Å². The molecule has 0 saturated carbocycles. The highest BCUT2D eigenvalue weighted by atomic mass is 35.5. The number of aromatic nitrogens is 4. The minimum atomic E-state index is -0.451. The third-order valence-electron chi connectivity index (χ3n) is 4.86. The predicted octanol–water partition coefficient (Wildman–Crippen LogP) is 5.04. The number of ether oxygens (including phenoxy) is 2. The number of amides is 1. The number of nitrogens with one attached hydrogen (secondary N) is 1. The second-order valence-corrected chi connectivity index (χ2v) is 8.57. The summed E-state index contributed by atoms with van der Waals surface area (Å²) in [5.41, 5.74) is 4.39. The van der Waals surface area contributed by atoms with Crippen LogP contribution in [0.5, 0.6) is 11.5 Å². The fraction of sp³-hybridized carbons (Fsp3) is 0.125. The van der Waals surface area contributed by atoms with Crippen LogP contribution in [-0.2, 0) is 17.9 Å². The molecule has 0 radical (unpaired) electrons. The number of methoxy groups -OCH3 is 1. The Hall–Kier alpha value is -3.66. The minimum absolute atomic E-state index is 0.176. The van der Waals surface area contributed by atoms with E-state index in [2.05, 4.69) is 25.9 Å².